The molecule has 1 atom stereocenters. The molecular formula is C14H16N4O2S. The van der Waals surface area contributed by atoms with Crippen LogP contribution in [0.2, 0.25) is 0 Å². The van der Waals surface area contributed by atoms with Crippen LogP contribution >= 0.6 is 11.3 Å². The standard InChI is InChI=1S/C14H16N4O2S/c1-8(19)16-10-4-5-18(7-10)13(20)9-2-3-11-12(6-9)21-14(15)17-11/h2-3,6,10H,4-5,7H2,1H3,(H2,15,17)(H,16,19). The molecule has 2 heterocycles. The van der Waals surface area contributed by atoms with Crippen molar-refractivity contribution < 1.29 is 9.59 Å². The van der Waals surface area contributed by atoms with E-state index in [1.165, 1.54) is 18.3 Å². The number of amides is 2. The Balaban J connectivity index is 1.76. The molecule has 0 saturated carbocycles. The minimum absolute atomic E-state index is 0.0169. The van der Waals surface area contributed by atoms with Crippen molar-refractivity contribution in [3.63, 3.8) is 0 Å². The number of likely N-dealkylation sites (tertiary alicyclic amines) is 1. The molecule has 7 heteroatoms. The zero-order valence-electron chi connectivity index (χ0n) is 11.6. The summed E-state index contributed by atoms with van der Waals surface area (Å²) in [5.41, 5.74) is 7.12. The van der Waals surface area contributed by atoms with Gasteiger partial charge in [0.15, 0.2) is 5.13 Å². The zero-order valence-corrected chi connectivity index (χ0v) is 12.4. The van der Waals surface area contributed by atoms with Gasteiger partial charge in [0.2, 0.25) is 5.91 Å². The molecule has 1 aliphatic heterocycles. The molecule has 2 aromatic rings. The molecule has 0 spiro atoms. The zero-order chi connectivity index (χ0) is 15.0. The predicted octanol–water partition coefficient (Wildman–Crippen LogP) is 1.23. The predicted molar refractivity (Wildman–Crippen MR) is 82.2 cm³/mol. The Labute approximate surface area is 125 Å². The molecule has 21 heavy (non-hydrogen) atoms. The first-order chi connectivity index (χ1) is 10.0. The topological polar surface area (TPSA) is 88.3 Å². The molecule has 0 radical (unpaired) electrons. The van der Waals surface area contributed by atoms with Gasteiger partial charge in [-0.15, -0.1) is 0 Å². The number of hydrogen-bond donors (Lipinski definition) is 2. The number of nitrogens with one attached hydrogen (secondary N) is 1. The minimum atomic E-state index is -0.0594. The molecule has 1 saturated heterocycles. The van der Waals surface area contributed by atoms with Crippen LogP contribution < -0.4 is 11.1 Å². The molecule has 2 amide bonds. The number of nitrogens with two attached hydrogens (primary N) is 1. The van der Waals surface area contributed by atoms with Gasteiger partial charge in [0.25, 0.3) is 5.91 Å². The van der Waals surface area contributed by atoms with E-state index in [9.17, 15) is 9.59 Å². The van der Waals surface area contributed by atoms with Gasteiger partial charge in [0, 0.05) is 31.6 Å². The Bertz CT molecular complexity index is 712. The molecule has 1 unspecified atom stereocenters. The van der Waals surface area contributed by atoms with Crippen LogP contribution in [0.1, 0.15) is 23.7 Å². The maximum atomic E-state index is 12.5. The van der Waals surface area contributed by atoms with Gasteiger partial charge in [-0.25, -0.2) is 4.98 Å². The van der Waals surface area contributed by atoms with Crippen molar-refractivity contribution in [2.24, 2.45) is 0 Å². The van der Waals surface area contributed by atoms with Crippen molar-refractivity contribution in [3.8, 4) is 0 Å². The summed E-state index contributed by atoms with van der Waals surface area (Å²) in [5.74, 6) is -0.0763. The van der Waals surface area contributed by atoms with Crippen LogP contribution in [0.25, 0.3) is 10.2 Å². The quantitative estimate of drug-likeness (QED) is 0.873. The largest absolute Gasteiger partial charge is 0.375 e. The highest BCUT2D eigenvalue weighted by atomic mass is 32.1. The molecule has 6 nitrogen and oxygen atoms in total. The number of rotatable bonds is 2. The Hall–Kier alpha value is -2.15. The Morgan fingerprint density at radius 1 is 1.48 bits per heavy atom. The number of hydrogen-bond acceptors (Lipinski definition) is 5. The number of thiazole rings is 1. The molecule has 1 aromatic heterocycles. The Morgan fingerprint density at radius 2 is 2.29 bits per heavy atom. The highest BCUT2D eigenvalue weighted by molar-refractivity contribution is 7.22. The second kappa shape index (κ2) is 5.33. The second-order valence-electron chi connectivity index (χ2n) is 5.17. The first-order valence-electron chi connectivity index (χ1n) is 6.75. The van der Waals surface area contributed by atoms with E-state index in [-0.39, 0.29) is 17.9 Å². The molecular weight excluding hydrogens is 288 g/mol. The molecule has 1 fully saturated rings. The fraction of sp³-hybridized carbons (Fsp3) is 0.357. The number of carbonyl (C=O) groups excluding carboxylic acids is 2. The monoisotopic (exact) mass is 304 g/mol. The van der Waals surface area contributed by atoms with Crippen LogP contribution in [0.15, 0.2) is 18.2 Å². The summed E-state index contributed by atoms with van der Waals surface area (Å²) < 4.78 is 0.913. The van der Waals surface area contributed by atoms with Crippen LogP contribution in [-0.2, 0) is 4.79 Å². The maximum Gasteiger partial charge on any atom is 0.253 e. The third kappa shape index (κ3) is 2.82. The van der Waals surface area contributed by atoms with Crippen LogP contribution in [0, 0.1) is 0 Å². The summed E-state index contributed by atoms with van der Waals surface area (Å²) in [6, 6.07) is 5.47. The van der Waals surface area contributed by atoms with Gasteiger partial charge in [-0.3, -0.25) is 9.59 Å². The number of nitrogen functional groups attached to an aromatic ring is 1. The highest BCUT2D eigenvalue weighted by Gasteiger charge is 2.27. The van der Waals surface area contributed by atoms with Crippen molar-refractivity contribution in [2.45, 2.75) is 19.4 Å². The Morgan fingerprint density at radius 3 is 3.05 bits per heavy atom. The van der Waals surface area contributed by atoms with E-state index in [1.807, 2.05) is 12.1 Å². The maximum absolute atomic E-state index is 12.5. The van der Waals surface area contributed by atoms with Crippen LogP contribution in [0.3, 0.4) is 0 Å². The molecule has 110 valence electrons. The lowest BCUT2D eigenvalue weighted by molar-refractivity contribution is -0.119. The number of aromatic nitrogens is 1. The molecule has 1 aromatic carbocycles. The summed E-state index contributed by atoms with van der Waals surface area (Å²) in [6.07, 6.45) is 0.793. The molecule has 0 aliphatic carbocycles. The van der Waals surface area contributed by atoms with Gasteiger partial charge in [-0.2, -0.15) is 0 Å². The summed E-state index contributed by atoms with van der Waals surface area (Å²) >= 11 is 1.37. The molecule has 1 aliphatic rings. The average Bonchev–Trinajstić information content (AvgIpc) is 3.01. The number of anilines is 1. The molecule has 3 rings (SSSR count). The van der Waals surface area contributed by atoms with E-state index in [0.29, 0.717) is 23.8 Å². The summed E-state index contributed by atoms with van der Waals surface area (Å²) in [5, 5.41) is 3.36. The smallest absolute Gasteiger partial charge is 0.253 e. The van der Waals surface area contributed by atoms with Gasteiger partial charge < -0.3 is 16.0 Å². The number of nitrogens with zero attached hydrogens (tertiary/aromatic N) is 2. The number of benzene rings is 1. The van der Waals surface area contributed by atoms with Crippen molar-refractivity contribution in [1.82, 2.24) is 15.2 Å². The summed E-state index contributed by atoms with van der Waals surface area (Å²) in [4.78, 5) is 29.5. The SMILES string of the molecule is CC(=O)NC1CCN(C(=O)c2ccc3nc(N)sc3c2)C1. The van der Waals surface area contributed by atoms with E-state index in [4.69, 9.17) is 5.73 Å². The first kappa shape index (κ1) is 13.8. The van der Waals surface area contributed by atoms with Crippen molar-refractivity contribution >= 4 is 38.5 Å². The summed E-state index contributed by atoms with van der Waals surface area (Å²) in [6.45, 7) is 2.71. The first-order valence-corrected chi connectivity index (χ1v) is 7.57. The fourth-order valence-electron chi connectivity index (χ4n) is 2.61. The van der Waals surface area contributed by atoms with Crippen LogP contribution in [0.5, 0.6) is 0 Å². The lowest BCUT2D eigenvalue weighted by Crippen LogP contribution is -2.37. The van der Waals surface area contributed by atoms with Gasteiger partial charge >= 0.3 is 0 Å². The average molecular weight is 304 g/mol. The Kier molecular flexibility index (Phi) is 3.50. The molecule has 3 N–H and O–H groups in total. The number of carbonyl (C=O) groups is 2. The third-order valence-electron chi connectivity index (χ3n) is 3.53. The van der Waals surface area contributed by atoms with E-state index < -0.39 is 0 Å². The lowest BCUT2D eigenvalue weighted by atomic mass is 10.2. The van der Waals surface area contributed by atoms with Crippen molar-refractivity contribution in [2.75, 3.05) is 18.8 Å². The van der Waals surface area contributed by atoms with Crippen molar-refractivity contribution in [1.29, 1.82) is 0 Å². The van der Waals surface area contributed by atoms with Crippen molar-refractivity contribution in [3.05, 3.63) is 23.8 Å². The highest BCUT2D eigenvalue weighted by Crippen LogP contribution is 2.25. The number of fused-ring (bicyclic) bond motifs is 1. The van der Waals surface area contributed by atoms with Crippen LogP contribution in [0.4, 0.5) is 5.13 Å². The van der Waals surface area contributed by atoms with E-state index in [0.717, 1.165) is 16.6 Å². The third-order valence-corrected chi connectivity index (χ3v) is 4.38. The van der Waals surface area contributed by atoms with E-state index in [1.54, 1.807) is 11.0 Å². The lowest BCUT2D eigenvalue weighted by Gasteiger charge is -2.16. The van der Waals surface area contributed by atoms with Gasteiger partial charge in [-0.05, 0) is 24.6 Å². The molecule has 0 bridgehead atoms. The normalized spacial score (nSPS) is 18.1. The summed E-state index contributed by atoms with van der Waals surface area (Å²) in [7, 11) is 0. The van der Waals surface area contributed by atoms with Gasteiger partial charge in [-0.1, -0.05) is 11.3 Å². The second-order valence-corrected chi connectivity index (χ2v) is 6.23. The van der Waals surface area contributed by atoms with E-state index >= 15 is 0 Å². The fourth-order valence-corrected chi connectivity index (χ4v) is 3.38. The van der Waals surface area contributed by atoms with Gasteiger partial charge in [0.1, 0.15) is 0 Å². The van der Waals surface area contributed by atoms with Crippen LogP contribution in [-0.4, -0.2) is 40.8 Å². The minimum Gasteiger partial charge on any atom is -0.375 e. The van der Waals surface area contributed by atoms with E-state index in [2.05, 4.69) is 10.3 Å². The van der Waals surface area contributed by atoms with Gasteiger partial charge in [0.05, 0.1) is 10.2 Å².